The lowest BCUT2D eigenvalue weighted by molar-refractivity contribution is 0.242. The lowest BCUT2D eigenvalue weighted by Gasteiger charge is -2.41. The number of rotatable bonds is 8. The molecule has 2 fully saturated rings. The van der Waals surface area contributed by atoms with Crippen molar-refractivity contribution in [2.45, 2.75) is 142 Å². The van der Waals surface area contributed by atoms with Gasteiger partial charge < -0.3 is 20.0 Å². The van der Waals surface area contributed by atoms with Crippen molar-refractivity contribution in [1.82, 2.24) is 9.80 Å². The smallest absolute Gasteiger partial charge is 0.196 e. The quantitative estimate of drug-likeness (QED) is 0.276. The molecule has 1 aliphatic carbocycles. The highest BCUT2D eigenvalue weighted by molar-refractivity contribution is 5.86. The van der Waals surface area contributed by atoms with Crippen molar-refractivity contribution >= 4 is 18.4 Å². The zero-order valence-electron chi connectivity index (χ0n) is 31.9. The van der Waals surface area contributed by atoms with Crippen LogP contribution >= 0.6 is 0 Å². The van der Waals surface area contributed by atoms with E-state index in [0.717, 1.165) is 99.9 Å². The van der Waals surface area contributed by atoms with E-state index < -0.39 is 0 Å². The van der Waals surface area contributed by atoms with Crippen molar-refractivity contribution in [3.8, 4) is 11.5 Å². The van der Waals surface area contributed by atoms with Crippen molar-refractivity contribution in [3.63, 3.8) is 0 Å². The number of phenols is 2. The highest BCUT2D eigenvalue weighted by atomic mass is 16.3. The minimum absolute atomic E-state index is 0.0273. The van der Waals surface area contributed by atoms with Crippen LogP contribution in [0.25, 0.3) is 0 Å². The lowest BCUT2D eigenvalue weighted by Crippen LogP contribution is -2.52. The van der Waals surface area contributed by atoms with Gasteiger partial charge in [0.05, 0.1) is 12.1 Å². The Morgan fingerprint density at radius 2 is 1.29 bits per heavy atom. The summed E-state index contributed by atoms with van der Waals surface area (Å²) in [5, 5.41) is 22.9. The van der Waals surface area contributed by atoms with Crippen molar-refractivity contribution in [1.29, 1.82) is 0 Å². The SMILES string of the molecule is CC(C)(C)c1cc(C=NC2CCCCC2N=Cc2cc(C(C)(C)C)cc(C(C)(C)C)c2O)c(O)c(CCCN2CCCN3CCCN=C32)c1. The molecular formula is C42H63N5O2. The summed E-state index contributed by atoms with van der Waals surface area (Å²) in [7, 11) is 0. The molecule has 49 heavy (non-hydrogen) atoms. The molecule has 2 atom stereocenters. The van der Waals surface area contributed by atoms with Crippen LogP contribution < -0.4 is 0 Å². The third-order valence-corrected chi connectivity index (χ3v) is 10.5. The molecule has 2 aromatic carbocycles. The third-order valence-electron chi connectivity index (χ3n) is 10.5. The second-order valence-corrected chi connectivity index (χ2v) is 17.7. The number of nitrogens with zero attached hydrogens (tertiary/aromatic N) is 5. The van der Waals surface area contributed by atoms with Crippen LogP contribution in [-0.2, 0) is 22.7 Å². The van der Waals surface area contributed by atoms with Gasteiger partial charge in [-0.15, -0.1) is 0 Å². The summed E-state index contributed by atoms with van der Waals surface area (Å²) in [5.74, 6) is 1.84. The predicted molar refractivity (Wildman–Crippen MR) is 207 cm³/mol. The molecule has 0 bridgehead atoms. The fourth-order valence-electron chi connectivity index (χ4n) is 7.37. The normalized spacial score (nSPS) is 21.0. The topological polar surface area (TPSA) is 84.0 Å². The highest BCUT2D eigenvalue weighted by Crippen LogP contribution is 2.38. The van der Waals surface area contributed by atoms with Gasteiger partial charge in [-0.25, -0.2) is 0 Å². The second-order valence-electron chi connectivity index (χ2n) is 17.7. The molecule has 0 spiro atoms. The summed E-state index contributed by atoms with van der Waals surface area (Å²) in [6.45, 7) is 24.9. The summed E-state index contributed by atoms with van der Waals surface area (Å²) in [6.07, 6.45) is 12.0. The Morgan fingerprint density at radius 3 is 1.88 bits per heavy atom. The monoisotopic (exact) mass is 669 g/mol. The molecule has 7 heteroatoms. The van der Waals surface area contributed by atoms with Crippen molar-refractivity contribution in [2.24, 2.45) is 15.0 Å². The average Bonchev–Trinajstić information content (AvgIpc) is 3.03. The van der Waals surface area contributed by atoms with Gasteiger partial charge in [0.1, 0.15) is 11.5 Å². The second kappa shape index (κ2) is 14.9. The first-order valence-electron chi connectivity index (χ1n) is 18.9. The first-order chi connectivity index (χ1) is 23.0. The molecule has 1 saturated carbocycles. The maximum atomic E-state index is 11.6. The fraction of sp³-hybridized carbons (Fsp3) is 0.643. The lowest BCUT2D eigenvalue weighted by atomic mass is 9.79. The van der Waals surface area contributed by atoms with Gasteiger partial charge in [-0.2, -0.15) is 0 Å². The zero-order chi connectivity index (χ0) is 35.6. The number of aliphatic imine (C=N–C) groups is 3. The molecule has 7 nitrogen and oxygen atoms in total. The Labute approximate surface area is 296 Å². The van der Waals surface area contributed by atoms with Gasteiger partial charge in [0, 0.05) is 61.8 Å². The molecule has 0 amide bonds. The van der Waals surface area contributed by atoms with Gasteiger partial charge in [-0.1, -0.05) is 87.3 Å². The molecule has 2 aliphatic heterocycles. The molecule has 2 aromatic rings. The molecule has 1 saturated heterocycles. The van der Waals surface area contributed by atoms with Crippen LogP contribution in [0.2, 0.25) is 0 Å². The summed E-state index contributed by atoms with van der Waals surface area (Å²) in [5.41, 5.74) is 5.64. The molecule has 5 rings (SSSR count). The van der Waals surface area contributed by atoms with E-state index in [-0.39, 0.29) is 28.3 Å². The van der Waals surface area contributed by atoms with E-state index in [2.05, 4.69) is 96.4 Å². The summed E-state index contributed by atoms with van der Waals surface area (Å²) >= 11 is 0. The van der Waals surface area contributed by atoms with Crippen LogP contribution in [0.15, 0.2) is 39.2 Å². The molecule has 3 aliphatic rings. The summed E-state index contributed by atoms with van der Waals surface area (Å²) in [6, 6.07) is 8.62. The van der Waals surface area contributed by atoms with Gasteiger partial charge in [-0.3, -0.25) is 15.0 Å². The van der Waals surface area contributed by atoms with Crippen molar-refractivity contribution < 1.29 is 10.2 Å². The van der Waals surface area contributed by atoms with Crippen molar-refractivity contribution in [3.05, 3.63) is 57.6 Å². The number of phenolic OH excluding ortho intramolecular Hbond substituents is 2. The molecule has 2 unspecified atom stereocenters. The van der Waals surface area contributed by atoms with E-state index in [4.69, 9.17) is 15.0 Å². The zero-order valence-corrected chi connectivity index (χ0v) is 31.9. The number of aryl methyl sites for hydroxylation is 1. The maximum Gasteiger partial charge on any atom is 0.196 e. The minimum Gasteiger partial charge on any atom is -0.507 e. The van der Waals surface area contributed by atoms with Gasteiger partial charge >= 0.3 is 0 Å². The van der Waals surface area contributed by atoms with Crippen LogP contribution in [-0.4, -0.2) is 83.2 Å². The predicted octanol–water partition coefficient (Wildman–Crippen LogP) is 8.54. The van der Waals surface area contributed by atoms with Crippen molar-refractivity contribution in [2.75, 3.05) is 32.7 Å². The Kier molecular flexibility index (Phi) is 11.2. The van der Waals surface area contributed by atoms with Crippen LogP contribution in [0.3, 0.4) is 0 Å². The molecule has 0 radical (unpaired) electrons. The molecule has 0 aromatic heterocycles. The Bertz CT molecular complexity index is 1550. The highest BCUT2D eigenvalue weighted by Gasteiger charge is 2.28. The van der Waals surface area contributed by atoms with Crippen LogP contribution in [0.1, 0.15) is 141 Å². The molecule has 268 valence electrons. The largest absolute Gasteiger partial charge is 0.507 e. The van der Waals surface area contributed by atoms with Gasteiger partial charge in [0.2, 0.25) is 0 Å². The van der Waals surface area contributed by atoms with E-state index in [1.54, 1.807) is 0 Å². The average molecular weight is 670 g/mol. The third kappa shape index (κ3) is 9.07. The van der Waals surface area contributed by atoms with Crippen LogP contribution in [0.4, 0.5) is 0 Å². The van der Waals surface area contributed by atoms with E-state index in [9.17, 15) is 10.2 Å². The van der Waals surface area contributed by atoms with E-state index in [0.29, 0.717) is 11.5 Å². The summed E-state index contributed by atoms with van der Waals surface area (Å²) in [4.78, 5) is 19.9. The van der Waals surface area contributed by atoms with Crippen LogP contribution in [0, 0.1) is 0 Å². The Balaban J connectivity index is 1.36. The van der Waals surface area contributed by atoms with E-state index in [1.165, 1.54) is 23.5 Å². The van der Waals surface area contributed by atoms with Gasteiger partial charge in [-0.05, 0) is 83.6 Å². The number of hydrogen-bond acceptors (Lipinski definition) is 7. The number of fused-ring (bicyclic) bond motifs is 1. The number of hydrogen-bond donors (Lipinski definition) is 2. The van der Waals surface area contributed by atoms with Crippen LogP contribution in [0.5, 0.6) is 11.5 Å². The minimum atomic E-state index is -0.188. The Hall–Kier alpha value is -3.35. The number of guanidine groups is 1. The fourth-order valence-corrected chi connectivity index (χ4v) is 7.37. The number of aromatic hydroxyl groups is 2. The van der Waals surface area contributed by atoms with E-state index in [1.807, 2.05) is 12.4 Å². The molecular weight excluding hydrogens is 606 g/mol. The molecule has 2 heterocycles. The van der Waals surface area contributed by atoms with E-state index >= 15 is 0 Å². The molecule has 2 N–H and O–H groups in total. The Morgan fingerprint density at radius 1 is 0.714 bits per heavy atom. The summed E-state index contributed by atoms with van der Waals surface area (Å²) < 4.78 is 0. The number of benzene rings is 2. The van der Waals surface area contributed by atoms with Gasteiger partial charge in [0.25, 0.3) is 0 Å². The standard InChI is InChI=1S/C42H63N5O2/c1-40(2,3)32-23-29(15-12-19-46-21-14-22-47-20-13-18-43-39(46)47)37(48)30(24-32)27-44-35-16-10-11-17-36(35)45-28-31-25-33(41(4,5)6)26-34(38(31)49)42(7,8)9/h23-28,35-36,48-49H,10-22H2,1-9H3. The van der Waals surface area contributed by atoms with Gasteiger partial charge in [0.15, 0.2) is 5.96 Å². The first-order valence-corrected chi connectivity index (χ1v) is 18.9. The first kappa shape index (κ1) is 36.9. The maximum absolute atomic E-state index is 11.6.